The number of aryl methyl sites for hydroxylation is 3. The lowest BCUT2D eigenvalue weighted by atomic mass is 10.1. The van der Waals surface area contributed by atoms with Crippen LogP contribution in [0.25, 0.3) is 0 Å². The van der Waals surface area contributed by atoms with E-state index in [0.717, 1.165) is 53.0 Å². The molecule has 0 fully saturated rings. The highest BCUT2D eigenvalue weighted by Gasteiger charge is 2.12. The molecular formula is C23H30N6O2. The second-order valence-electron chi connectivity index (χ2n) is 7.42. The number of aromatic nitrogens is 3. The molecule has 2 heterocycles. The maximum atomic E-state index is 12.3. The first-order valence-corrected chi connectivity index (χ1v) is 10.6. The Balaban J connectivity index is 1.59. The fraction of sp³-hybridized carbons (Fsp3) is 0.391. The molecule has 1 amide bonds. The van der Waals surface area contributed by atoms with Crippen LogP contribution < -0.4 is 15.5 Å². The Morgan fingerprint density at radius 2 is 1.71 bits per heavy atom. The van der Waals surface area contributed by atoms with Gasteiger partial charge in [-0.3, -0.25) is 4.79 Å². The van der Waals surface area contributed by atoms with Gasteiger partial charge < -0.3 is 20.1 Å². The van der Waals surface area contributed by atoms with E-state index in [-0.39, 0.29) is 5.91 Å². The van der Waals surface area contributed by atoms with Crippen LogP contribution in [0.2, 0.25) is 0 Å². The molecule has 0 saturated carbocycles. The molecule has 0 atom stereocenters. The molecule has 3 rings (SSSR count). The van der Waals surface area contributed by atoms with E-state index in [2.05, 4.69) is 44.5 Å². The van der Waals surface area contributed by atoms with Gasteiger partial charge in [0.05, 0.1) is 5.69 Å². The Morgan fingerprint density at radius 1 is 1.03 bits per heavy atom. The molecule has 0 spiro atoms. The van der Waals surface area contributed by atoms with Crippen LogP contribution in [0.3, 0.4) is 0 Å². The molecule has 2 aromatic heterocycles. The molecule has 2 N–H and O–H groups in total. The molecule has 0 aliphatic carbocycles. The molecular weight excluding hydrogens is 392 g/mol. The molecule has 1 aromatic carbocycles. The van der Waals surface area contributed by atoms with Gasteiger partial charge in [-0.1, -0.05) is 5.16 Å². The molecule has 0 aliphatic rings. The highest BCUT2D eigenvalue weighted by Crippen LogP contribution is 2.20. The second-order valence-corrected chi connectivity index (χ2v) is 7.42. The maximum Gasteiger partial charge on any atom is 0.229 e. The van der Waals surface area contributed by atoms with Crippen molar-refractivity contribution in [3.05, 3.63) is 53.0 Å². The normalized spacial score (nSPS) is 10.7. The van der Waals surface area contributed by atoms with E-state index < -0.39 is 0 Å². The number of carbonyl (C=O) groups is 1. The summed E-state index contributed by atoms with van der Waals surface area (Å²) in [6.45, 7) is 11.7. The highest BCUT2D eigenvalue weighted by molar-refractivity contribution is 5.91. The lowest BCUT2D eigenvalue weighted by Gasteiger charge is -2.20. The van der Waals surface area contributed by atoms with Gasteiger partial charge in [-0.25, -0.2) is 4.98 Å². The predicted molar refractivity (Wildman–Crippen MR) is 123 cm³/mol. The number of carbonyl (C=O) groups excluding carboxylic acids is 1. The zero-order valence-electron chi connectivity index (χ0n) is 18.8. The average Bonchev–Trinajstić information content (AvgIpc) is 3.06. The zero-order chi connectivity index (χ0) is 22.4. The first-order chi connectivity index (χ1) is 14.9. The van der Waals surface area contributed by atoms with Crippen LogP contribution >= 0.6 is 0 Å². The summed E-state index contributed by atoms with van der Waals surface area (Å²) in [5.74, 6) is 2.18. The molecule has 0 saturated heterocycles. The van der Waals surface area contributed by atoms with Gasteiger partial charge in [0.15, 0.2) is 0 Å². The predicted octanol–water partition coefficient (Wildman–Crippen LogP) is 4.55. The number of benzene rings is 1. The van der Waals surface area contributed by atoms with Gasteiger partial charge in [-0.05, 0) is 65.3 Å². The van der Waals surface area contributed by atoms with Crippen LogP contribution in [0, 0.1) is 20.8 Å². The van der Waals surface area contributed by atoms with E-state index >= 15 is 0 Å². The lowest BCUT2D eigenvalue weighted by molar-refractivity contribution is -0.116. The Morgan fingerprint density at radius 3 is 2.32 bits per heavy atom. The van der Waals surface area contributed by atoms with Gasteiger partial charge in [0.1, 0.15) is 11.6 Å². The minimum atomic E-state index is -0.0495. The molecule has 8 heteroatoms. The summed E-state index contributed by atoms with van der Waals surface area (Å²) < 4.78 is 5.15. The van der Waals surface area contributed by atoms with Crippen LogP contribution in [-0.4, -0.2) is 34.1 Å². The number of rotatable bonds is 9. The summed E-state index contributed by atoms with van der Waals surface area (Å²) in [5.41, 5.74) is 4.33. The summed E-state index contributed by atoms with van der Waals surface area (Å²) in [7, 11) is 0. The lowest BCUT2D eigenvalue weighted by Crippen LogP contribution is -2.23. The molecule has 0 aliphatic heterocycles. The quantitative estimate of drug-likeness (QED) is 0.522. The Bertz CT molecular complexity index is 1010. The van der Waals surface area contributed by atoms with E-state index in [9.17, 15) is 4.79 Å². The molecule has 0 radical (unpaired) electrons. The van der Waals surface area contributed by atoms with Crippen molar-refractivity contribution in [2.75, 3.05) is 28.6 Å². The van der Waals surface area contributed by atoms with E-state index in [0.29, 0.717) is 18.8 Å². The van der Waals surface area contributed by atoms with Crippen molar-refractivity contribution < 1.29 is 9.32 Å². The number of hydrogen-bond acceptors (Lipinski definition) is 7. The minimum Gasteiger partial charge on any atom is -0.361 e. The summed E-state index contributed by atoms with van der Waals surface area (Å²) in [6, 6.07) is 9.49. The Hall–Kier alpha value is -3.42. The largest absolute Gasteiger partial charge is 0.361 e. The van der Waals surface area contributed by atoms with Crippen molar-refractivity contribution in [1.29, 1.82) is 0 Å². The third kappa shape index (κ3) is 5.81. The van der Waals surface area contributed by atoms with Gasteiger partial charge in [0, 0.05) is 48.2 Å². The third-order valence-corrected chi connectivity index (χ3v) is 5.14. The van der Waals surface area contributed by atoms with Crippen molar-refractivity contribution in [3.8, 4) is 0 Å². The summed E-state index contributed by atoms with van der Waals surface area (Å²) in [6.07, 6.45) is 0.973. The highest BCUT2D eigenvalue weighted by atomic mass is 16.5. The van der Waals surface area contributed by atoms with Gasteiger partial charge in [-0.2, -0.15) is 4.98 Å². The molecule has 8 nitrogen and oxygen atoms in total. The number of nitrogens with zero attached hydrogens (tertiary/aromatic N) is 4. The van der Waals surface area contributed by atoms with Gasteiger partial charge in [0.25, 0.3) is 0 Å². The topological polar surface area (TPSA) is 96.2 Å². The summed E-state index contributed by atoms with van der Waals surface area (Å²) >= 11 is 0. The van der Waals surface area contributed by atoms with Crippen molar-refractivity contribution in [1.82, 2.24) is 15.1 Å². The Kier molecular flexibility index (Phi) is 7.23. The van der Waals surface area contributed by atoms with Crippen LogP contribution in [-0.2, 0) is 11.2 Å². The first-order valence-electron chi connectivity index (χ1n) is 10.6. The fourth-order valence-electron chi connectivity index (χ4n) is 3.40. The number of nitrogens with one attached hydrogen (secondary N) is 2. The number of hydrogen-bond donors (Lipinski definition) is 2. The molecule has 3 aromatic rings. The minimum absolute atomic E-state index is 0.0495. The van der Waals surface area contributed by atoms with E-state index in [1.54, 1.807) is 0 Å². The van der Waals surface area contributed by atoms with Crippen molar-refractivity contribution in [2.24, 2.45) is 0 Å². The Labute approximate surface area is 183 Å². The van der Waals surface area contributed by atoms with E-state index in [1.165, 1.54) is 0 Å². The molecule has 0 bridgehead atoms. The van der Waals surface area contributed by atoms with Crippen molar-refractivity contribution in [3.63, 3.8) is 0 Å². The van der Waals surface area contributed by atoms with Crippen LogP contribution in [0.1, 0.15) is 43.0 Å². The smallest absolute Gasteiger partial charge is 0.229 e. The summed E-state index contributed by atoms with van der Waals surface area (Å²) in [5, 5.41) is 10.1. The van der Waals surface area contributed by atoms with Gasteiger partial charge in [-0.15, -0.1) is 0 Å². The van der Waals surface area contributed by atoms with Crippen molar-refractivity contribution >= 4 is 29.0 Å². The zero-order valence-corrected chi connectivity index (χ0v) is 18.8. The van der Waals surface area contributed by atoms with Crippen LogP contribution in [0.15, 0.2) is 34.9 Å². The van der Waals surface area contributed by atoms with Crippen LogP contribution in [0.5, 0.6) is 0 Å². The third-order valence-electron chi connectivity index (χ3n) is 5.14. The molecule has 31 heavy (non-hydrogen) atoms. The SMILES string of the molecule is CCN(CC)c1cc(C)nc(Nc2ccc(NC(=O)CCc3c(C)noc3C)cc2)n1. The standard InChI is InChI=1S/C23H30N6O2/c1-6-29(7-2)21-14-15(3)24-23(27-21)26-19-10-8-18(9-11-19)25-22(30)13-12-20-16(4)28-31-17(20)5/h8-11,14H,6-7,12-13H2,1-5H3,(H,25,30)(H,24,26,27). The van der Waals surface area contributed by atoms with Gasteiger partial charge >= 0.3 is 0 Å². The van der Waals surface area contributed by atoms with Gasteiger partial charge in [0.2, 0.25) is 11.9 Å². The number of amides is 1. The monoisotopic (exact) mass is 422 g/mol. The average molecular weight is 423 g/mol. The number of anilines is 4. The van der Waals surface area contributed by atoms with Crippen molar-refractivity contribution in [2.45, 2.75) is 47.5 Å². The molecule has 0 unspecified atom stereocenters. The van der Waals surface area contributed by atoms with E-state index in [1.807, 2.05) is 51.1 Å². The second kappa shape index (κ2) is 10.1. The molecule has 164 valence electrons. The van der Waals surface area contributed by atoms with E-state index in [4.69, 9.17) is 4.52 Å². The van der Waals surface area contributed by atoms with Crippen LogP contribution in [0.4, 0.5) is 23.1 Å². The summed E-state index contributed by atoms with van der Waals surface area (Å²) in [4.78, 5) is 23.6. The fourth-order valence-corrected chi connectivity index (χ4v) is 3.40. The first kappa shape index (κ1) is 22.3. The maximum absolute atomic E-state index is 12.3.